The lowest BCUT2D eigenvalue weighted by Gasteiger charge is -2.23. The maximum atomic E-state index is 12.9. The maximum absolute atomic E-state index is 12.9. The average Bonchev–Trinajstić information content (AvgIpc) is 3.38. The van der Waals surface area contributed by atoms with Crippen LogP contribution < -0.4 is 0 Å². The molecule has 2 aromatic rings. The minimum Gasteiger partial charge on any atom is -0.344 e. The molecule has 2 aliphatic heterocycles. The van der Waals surface area contributed by atoms with Gasteiger partial charge in [-0.15, -0.1) is 11.3 Å². The lowest BCUT2D eigenvalue weighted by atomic mass is 9.95. The standard InChI is InChI=1S/C19H25N3O3S2/c1-20(2)19(23)18-17(15-7-3-4-8-16(15)26-18)14-9-12-22(13-14)27(24,25)21-10-5-6-11-21/h3-4,7-8,14H,5-6,9-13H2,1-2H3. The summed E-state index contributed by atoms with van der Waals surface area (Å²) in [5, 5.41) is 1.08. The maximum Gasteiger partial charge on any atom is 0.281 e. The number of hydrogen-bond donors (Lipinski definition) is 0. The number of rotatable bonds is 4. The molecular weight excluding hydrogens is 382 g/mol. The Kier molecular flexibility index (Phi) is 5.00. The van der Waals surface area contributed by atoms with Gasteiger partial charge in [-0.2, -0.15) is 17.0 Å². The summed E-state index contributed by atoms with van der Waals surface area (Å²) in [5.74, 6) is 0.0458. The first kappa shape index (κ1) is 18.9. The highest BCUT2D eigenvalue weighted by atomic mass is 32.2. The van der Waals surface area contributed by atoms with Gasteiger partial charge in [-0.05, 0) is 36.3 Å². The van der Waals surface area contributed by atoms with E-state index >= 15 is 0 Å². The Hall–Kier alpha value is -1.48. The summed E-state index contributed by atoms with van der Waals surface area (Å²) in [6.07, 6.45) is 2.63. The summed E-state index contributed by atoms with van der Waals surface area (Å²) < 4.78 is 30.1. The van der Waals surface area contributed by atoms with Crippen molar-refractivity contribution in [3.05, 3.63) is 34.7 Å². The first-order valence-electron chi connectivity index (χ1n) is 9.38. The first-order valence-corrected chi connectivity index (χ1v) is 11.6. The predicted molar refractivity (Wildman–Crippen MR) is 109 cm³/mol. The number of fused-ring (bicyclic) bond motifs is 1. The molecule has 1 unspecified atom stereocenters. The molecule has 3 heterocycles. The third-order valence-corrected chi connectivity index (χ3v) is 8.69. The van der Waals surface area contributed by atoms with Crippen molar-refractivity contribution in [2.45, 2.75) is 25.2 Å². The summed E-state index contributed by atoms with van der Waals surface area (Å²) in [6.45, 7) is 2.21. The van der Waals surface area contributed by atoms with E-state index in [1.807, 2.05) is 24.3 Å². The van der Waals surface area contributed by atoms with Gasteiger partial charge in [-0.1, -0.05) is 18.2 Å². The normalized spacial score (nSPS) is 21.9. The first-order chi connectivity index (χ1) is 12.9. The molecular formula is C19H25N3O3S2. The Labute approximate surface area is 164 Å². The third kappa shape index (κ3) is 3.29. The highest BCUT2D eigenvalue weighted by Gasteiger charge is 2.39. The number of hydrogen-bond acceptors (Lipinski definition) is 4. The molecule has 0 bridgehead atoms. The van der Waals surface area contributed by atoms with E-state index in [2.05, 4.69) is 0 Å². The molecule has 146 valence electrons. The molecule has 0 spiro atoms. The second-order valence-electron chi connectivity index (χ2n) is 7.50. The minimum atomic E-state index is -3.39. The quantitative estimate of drug-likeness (QED) is 0.783. The number of carbonyl (C=O) groups is 1. The zero-order valence-corrected chi connectivity index (χ0v) is 17.4. The van der Waals surface area contributed by atoms with Gasteiger partial charge in [0, 0.05) is 50.9 Å². The Morgan fingerprint density at radius 1 is 1.11 bits per heavy atom. The van der Waals surface area contributed by atoms with Crippen LogP contribution in [0.2, 0.25) is 0 Å². The average molecular weight is 408 g/mol. The lowest BCUT2D eigenvalue weighted by molar-refractivity contribution is 0.0831. The topological polar surface area (TPSA) is 60.9 Å². The van der Waals surface area contributed by atoms with Crippen LogP contribution >= 0.6 is 11.3 Å². The van der Waals surface area contributed by atoms with E-state index in [1.165, 1.54) is 11.3 Å². The van der Waals surface area contributed by atoms with Crippen LogP contribution in [0.1, 0.15) is 40.4 Å². The second-order valence-corrected chi connectivity index (χ2v) is 10.5. The molecule has 2 saturated heterocycles. The molecule has 1 atom stereocenters. The van der Waals surface area contributed by atoms with Crippen molar-refractivity contribution in [2.24, 2.45) is 0 Å². The van der Waals surface area contributed by atoms with Crippen molar-refractivity contribution < 1.29 is 13.2 Å². The van der Waals surface area contributed by atoms with Crippen molar-refractivity contribution in [3.8, 4) is 0 Å². The molecule has 1 amide bonds. The number of benzene rings is 1. The molecule has 0 aliphatic carbocycles. The van der Waals surface area contributed by atoms with Crippen LogP contribution in [0.4, 0.5) is 0 Å². The second kappa shape index (κ2) is 7.16. The Morgan fingerprint density at radius 3 is 2.52 bits per heavy atom. The number of amides is 1. The molecule has 1 aromatic carbocycles. The molecule has 4 rings (SSSR count). The molecule has 0 N–H and O–H groups in total. The van der Waals surface area contributed by atoms with Crippen LogP contribution in [0.25, 0.3) is 10.1 Å². The number of thiophene rings is 1. The van der Waals surface area contributed by atoms with Crippen molar-refractivity contribution >= 4 is 37.5 Å². The van der Waals surface area contributed by atoms with Crippen LogP contribution in [-0.4, -0.2) is 68.1 Å². The van der Waals surface area contributed by atoms with Crippen molar-refractivity contribution in [3.63, 3.8) is 0 Å². The fourth-order valence-corrected chi connectivity index (χ4v) is 7.15. The van der Waals surface area contributed by atoms with Crippen LogP contribution in [0.3, 0.4) is 0 Å². The van der Waals surface area contributed by atoms with E-state index in [0.29, 0.717) is 26.2 Å². The zero-order valence-electron chi connectivity index (χ0n) is 15.7. The van der Waals surface area contributed by atoms with Gasteiger partial charge in [0.1, 0.15) is 0 Å². The van der Waals surface area contributed by atoms with E-state index in [1.54, 1.807) is 27.6 Å². The van der Waals surface area contributed by atoms with Crippen LogP contribution in [0.15, 0.2) is 24.3 Å². The fraction of sp³-hybridized carbons (Fsp3) is 0.526. The SMILES string of the molecule is CN(C)C(=O)c1sc2ccccc2c1C1CCN(S(=O)(=O)N2CCCC2)C1. The van der Waals surface area contributed by atoms with Gasteiger partial charge in [0.05, 0.1) is 4.88 Å². The molecule has 0 saturated carbocycles. The largest absolute Gasteiger partial charge is 0.344 e. The summed E-state index contributed by atoms with van der Waals surface area (Å²) in [6, 6.07) is 8.04. The molecule has 27 heavy (non-hydrogen) atoms. The number of carbonyl (C=O) groups excluding carboxylic acids is 1. The molecule has 1 aromatic heterocycles. The Morgan fingerprint density at radius 2 is 1.81 bits per heavy atom. The molecule has 2 aliphatic rings. The minimum absolute atomic E-state index is 0.00736. The predicted octanol–water partition coefficient (Wildman–Crippen LogP) is 2.73. The molecule has 8 heteroatoms. The van der Waals surface area contributed by atoms with E-state index in [4.69, 9.17) is 0 Å². The highest BCUT2D eigenvalue weighted by Crippen LogP contribution is 2.41. The van der Waals surface area contributed by atoms with E-state index in [9.17, 15) is 13.2 Å². The van der Waals surface area contributed by atoms with E-state index in [0.717, 1.165) is 39.8 Å². The van der Waals surface area contributed by atoms with Gasteiger partial charge in [0.2, 0.25) is 0 Å². The van der Waals surface area contributed by atoms with Crippen LogP contribution in [0.5, 0.6) is 0 Å². The summed E-state index contributed by atoms with van der Waals surface area (Å²) in [5.41, 5.74) is 1.02. The van der Waals surface area contributed by atoms with Gasteiger partial charge in [0.25, 0.3) is 16.1 Å². The number of nitrogens with zero attached hydrogens (tertiary/aromatic N) is 3. The van der Waals surface area contributed by atoms with Crippen molar-refractivity contribution in [1.29, 1.82) is 0 Å². The molecule has 0 radical (unpaired) electrons. The van der Waals surface area contributed by atoms with Gasteiger partial charge in [-0.3, -0.25) is 4.79 Å². The van der Waals surface area contributed by atoms with Crippen LogP contribution in [-0.2, 0) is 10.2 Å². The molecule has 2 fully saturated rings. The van der Waals surface area contributed by atoms with Gasteiger partial charge < -0.3 is 4.90 Å². The van der Waals surface area contributed by atoms with E-state index < -0.39 is 10.2 Å². The van der Waals surface area contributed by atoms with Crippen LogP contribution in [0, 0.1) is 0 Å². The monoisotopic (exact) mass is 407 g/mol. The zero-order chi connectivity index (χ0) is 19.2. The van der Waals surface area contributed by atoms with Crippen molar-refractivity contribution in [2.75, 3.05) is 40.3 Å². The fourth-order valence-electron chi connectivity index (χ4n) is 4.09. The summed E-state index contributed by atoms with van der Waals surface area (Å²) in [7, 11) is 0.128. The molecule has 6 nitrogen and oxygen atoms in total. The van der Waals surface area contributed by atoms with Gasteiger partial charge >= 0.3 is 0 Å². The van der Waals surface area contributed by atoms with Gasteiger partial charge in [-0.25, -0.2) is 0 Å². The van der Waals surface area contributed by atoms with Gasteiger partial charge in [0.15, 0.2) is 0 Å². The Bertz CT molecular complexity index is 962. The smallest absolute Gasteiger partial charge is 0.281 e. The summed E-state index contributed by atoms with van der Waals surface area (Å²) in [4.78, 5) is 15.1. The lowest BCUT2D eigenvalue weighted by Crippen LogP contribution is -2.41. The summed E-state index contributed by atoms with van der Waals surface area (Å²) >= 11 is 1.51. The third-order valence-electron chi connectivity index (χ3n) is 5.51. The Balaban J connectivity index is 1.69. The van der Waals surface area contributed by atoms with Crippen molar-refractivity contribution in [1.82, 2.24) is 13.5 Å². The highest BCUT2D eigenvalue weighted by molar-refractivity contribution is 7.86. The van der Waals surface area contributed by atoms with E-state index in [-0.39, 0.29) is 11.8 Å².